The van der Waals surface area contributed by atoms with Gasteiger partial charge in [-0.15, -0.1) is 11.3 Å². The van der Waals surface area contributed by atoms with Crippen molar-refractivity contribution in [1.29, 1.82) is 0 Å². The molecule has 88 valence electrons. The van der Waals surface area contributed by atoms with Crippen LogP contribution in [-0.4, -0.2) is 22.5 Å². The predicted molar refractivity (Wildman–Crippen MR) is 62.5 cm³/mol. The third-order valence-corrected chi connectivity index (χ3v) is 2.87. The van der Waals surface area contributed by atoms with Crippen LogP contribution < -0.4 is 11.1 Å². The zero-order chi connectivity index (χ0) is 12.5. The van der Waals surface area contributed by atoms with E-state index in [4.69, 9.17) is 5.73 Å². The smallest absolute Gasteiger partial charge is 0.256 e. The summed E-state index contributed by atoms with van der Waals surface area (Å²) < 4.78 is 0. The Morgan fingerprint density at radius 1 is 1.50 bits per heavy atom. The molecule has 1 aromatic rings. The van der Waals surface area contributed by atoms with Crippen molar-refractivity contribution in [3.8, 4) is 0 Å². The second-order valence-corrected chi connectivity index (χ2v) is 5.23. The molecule has 0 spiro atoms. The third-order valence-electron chi connectivity index (χ3n) is 1.90. The minimum atomic E-state index is -1.49. The van der Waals surface area contributed by atoms with Crippen LogP contribution in [0, 0.1) is 6.92 Å². The van der Waals surface area contributed by atoms with Gasteiger partial charge >= 0.3 is 0 Å². The summed E-state index contributed by atoms with van der Waals surface area (Å²) in [7, 11) is 0. The number of aliphatic hydroxyl groups is 1. The third kappa shape index (κ3) is 2.80. The highest BCUT2D eigenvalue weighted by atomic mass is 32.1. The summed E-state index contributed by atoms with van der Waals surface area (Å²) in [5.74, 6) is -1.17. The number of primary amides is 1. The quantitative estimate of drug-likeness (QED) is 0.734. The first-order valence-corrected chi connectivity index (χ1v) is 5.47. The maximum absolute atomic E-state index is 11.5. The van der Waals surface area contributed by atoms with E-state index in [0.29, 0.717) is 5.00 Å². The lowest BCUT2D eigenvalue weighted by Crippen LogP contribution is -2.36. The summed E-state index contributed by atoms with van der Waals surface area (Å²) in [5.41, 5.74) is 3.94. The topological polar surface area (TPSA) is 92.4 Å². The summed E-state index contributed by atoms with van der Waals surface area (Å²) in [6.07, 6.45) is 0. The molecular weight excluding hydrogens is 228 g/mol. The molecule has 1 heterocycles. The fourth-order valence-electron chi connectivity index (χ4n) is 1.05. The molecule has 6 heteroatoms. The largest absolute Gasteiger partial charge is 0.381 e. The second kappa shape index (κ2) is 4.23. The molecule has 0 fully saturated rings. The van der Waals surface area contributed by atoms with Crippen molar-refractivity contribution in [2.75, 3.05) is 5.32 Å². The van der Waals surface area contributed by atoms with Crippen molar-refractivity contribution in [2.24, 2.45) is 5.73 Å². The maximum atomic E-state index is 11.5. The van der Waals surface area contributed by atoms with Crippen LogP contribution in [0.3, 0.4) is 0 Å². The van der Waals surface area contributed by atoms with E-state index in [1.165, 1.54) is 25.2 Å². The van der Waals surface area contributed by atoms with Crippen LogP contribution in [0.1, 0.15) is 29.1 Å². The fourth-order valence-corrected chi connectivity index (χ4v) is 1.96. The number of carbonyl (C=O) groups excluding carboxylic acids is 2. The van der Waals surface area contributed by atoms with Gasteiger partial charge in [-0.3, -0.25) is 9.59 Å². The first kappa shape index (κ1) is 12.7. The summed E-state index contributed by atoms with van der Waals surface area (Å²) in [6.45, 7) is 4.54. The van der Waals surface area contributed by atoms with Gasteiger partial charge in [0.25, 0.3) is 11.8 Å². The van der Waals surface area contributed by atoms with Crippen molar-refractivity contribution < 1.29 is 14.7 Å². The van der Waals surface area contributed by atoms with Crippen LogP contribution >= 0.6 is 11.3 Å². The number of hydrogen-bond donors (Lipinski definition) is 3. The lowest BCUT2D eigenvalue weighted by Gasteiger charge is -2.16. The Labute approximate surface area is 97.3 Å². The number of aryl methyl sites for hydroxylation is 1. The van der Waals surface area contributed by atoms with E-state index in [1.54, 1.807) is 13.0 Å². The Kier molecular flexibility index (Phi) is 3.35. The first-order chi connectivity index (χ1) is 7.21. The van der Waals surface area contributed by atoms with Crippen molar-refractivity contribution in [2.45, 2.75) is 26.4 Å². The highest BCUT2D eigenvalue weighted by Gasteiger charge is 2.25. The van der Waals surface area contributed by atoms with Gasteiger partial charge in [-0.05, 0) is 26.8 Å². The SMILES string of the molecule is Cc1cc(C(N)=O)c(NC(=O)C(C)(C)O)s1. The van der Waals surface area contributed by atoms with Gasteiger partial charge in [-0.2, -0.15) is 0 Å². The standard InChI is InChI=1S/C10H14N2O3S/c1-5-4-6(7(11)13)8(16-5)12-9(14)10(2,3)15/h4,15H,1-3H3,(H2,11,13)(H,12,14). The average molecular weight is 242 g/mol. The normalized spacial score (nSPS) is 11.2. The van der Waals surface area contributed by atoms with Gasteiger partial charge in [0, 0.05) is 4.88 Å². The van der Waals surface area contributed by atoms with Crippen LogP contribution in [0.25, 0.3) is 0 Å². The molecule has 0 aliphatic rings. The molecule has 0 atom stereocenters. The van der Waals surface area contributed by atoms with Crippen molar-refractivity contribution >= 4 is 28.2 Å². The molecule has 5 nitrogen and oxygen atoms in total. The zero-order valence-corrected chi connectivity index (χ0v) is 10.1. The van der Waals surface area contributed by atoms with Gasteiger partial charge in [-0.1, -0.05) is 0 Å². The van der Waals surface area contributed by atoms with E-state index < -0.39 is 17.4 Å². The molecule has 1 aromatic heterocycles. The molecule has 2 amide bonds. The van der Waals surface area contributed by atoms with E-state index in [2.05, 4.69) is 5.32 Å². The Balaban J connectivity index is 2.98. The highest BCUT2D eigenvalue weighted by Crippen LogP contribution is 2.27. The number of carbonyl (C=O) groups is 2. The molecule has 0 bridgehead atoms. The Hall–Kier alpha value is -1.40. The van der Waals surface area contributed by atoms with Gasteiger partial charge in [0.2, 0.25) is 0 Å². The van der Waals surface area contributed by atoms with E-state index >= 15 is 0 Å². The van der Waals surface area contributed by atoms with Crippen molar-refractivity contribution in [3.63, 3.8) is 0 Å². The number of rotatable bonds is 3. The van der Waals surface area contributed by atoms with Crippen LogP contribution in [0.4, 0.5) is 5.00 Å². The molecule has 0 saturated heterocycles. The number of thiophene rings is 1. The Morgan fingerprint density at radius 2 is 2.06 bits per heavy atom. The van der Waals surface area contributed by atoms with E-state index in [1.807, 2.05) is 0 Å². The number of amides is 2. The van der Waals surface area contributed by atoms with Gasteiger partial charge in [0.1, 0.15) is 10.6 Å². The Morgan fingerprint density at radius 3 is 2.50 bits per heavy atom. The van der Waals surface area contributed by atoms with Gasteiger partial charge in [0.05, 0.1) is 5.56 Å². The van der Waals surface area contributed by atoms with Crippen molar-refractivity contribution in [1.82, 2.24) is 0 Å². The van der Waals surface area contributed by atoms with Crippen LogP contribution in [-0.2, 0) is 4.79 Å². The number of nitrogens with one attached hydrogen (secondary N) is 1. The second-order valence-electron chi connectivity index (χ2n) is 3.98. The average Bonchev–Trinajstić information content (AvgIpc) is 2.45. The molecule has 0 aliphatic heterocycles. The lowest BCUT2D eigenvalue weighted by atomic mass is 10.1. The number of anilines is 1. The van der Waals surface area contributed by atoms with Crippen LogP contribution in [0.15, 0.2) is 6.07 Å². The summed E-state index contributed by atoms with van der Waals surface area (Å²) in [4.78, 5) is 23.5. The van der Waals surface area contributed by atoms with Crippen molar-refractivity contribution in [3.05, 3.63) is 16.5 Å². The molecule has 0 aromatic carbocycles. The molecule has 0 radical (unpaired) electrons. The van der Waals surface area contributed by atoms with E-state index in [-0.39, 0.29) is 5.56 Å². The summed E-state index contributed by atoms with van der Waals surface area (Å²) in [5, 5.41) is 12.3. The molecule has 4 N–H and O–H groups in total. The molecule has 0 aliphatic carbocycles. The predicted octanol–water partition coefficient (Wildman–Crippen LogP) is 0.865. The lowest BCUT2D eigenvalue weighted by molar-refractivity contribution is -0.130. The minimum Gasteiger partial charge on any atom is -0.381 e. The molecular formula is C10H14N2O3S. The van der Waals surface area contributed by atoms with E-state index in [9.17, 15) is 14.7 Å². The maximum Gasteiger partial charge on any atom is 0.256 e. The van der Waals surface area contributed by atoms with Gasteiger partial charge in [0.15, 0.2) is 0 Å². The Bertz CT molecular complexity index is 432. The number of hydrogen-bond acceptors (Lipinski definition) is 4. The molecule has 1 rings (SSSR count). The zero-order valence-electron chi connectivity index (χ0n) is 9.33. The summed E-state index contributed by atoms with van der Waals surface area (Å²) in [6, 6.07) is 1.60. The molecule has 16 heavy (non-hydrogen) atoms. The van der Waals surface area contributed by atoms with E-state index in [0.717, 1.165) is 4.88 Å². The van der Waals surface area contributed by atoms with Crippen LogP contribution in [0.2, 0.25) is 0 Å². The summed E-state index contributed by atoms with van der Waals surface area (Å²) >= 11 is 1.24. The molecule has 0 unspecified atom stereocenters. The minimum absolute atomic E-state index is 0.264. The first-order valence-electron chi connectivity index (χ1n) is 4.66. The van der Waals surface area contributed by atoms with Gasteiger partial charge < -0.3 is 16.2 Å². The van der Waals surface area contributed by atoms with Crippen LogP contribution in [0.5, 0.6) is 0 Å². The molecule has 0 saturated carbocycles. The highest BCUT2D eigenvalue weighted by molar-refractivity contribution is 7.16. The number of nitrogens with two attached hydrogens (primary N) is 1. The van der Waals surface area contributed by atoms with Gasteiger partial charge in [-0.25, -0.2) is 0 Å². The monoisotopic (exact) mass is 242 g/mol. The fraction of sp³-hybridized carbons (Fsp3) is 0.400.